The maximum absolute atomic E-state index is 11.5. The quantitative estimate of drug-likeness (QED) is 0.789. The van der Waals surface area contributed by atoms with Gasteiger partial charge < -0.3 is 10.2 Å². The van der Waals surface area contributed by atoms with Crippen LogP contribution in [0.5, 0.6) is 0 Å². The van der Waals surface area contributed by atoms with Gasteiger partial charge >= 0.3 is 0 Å². The van der Waals surface area contributed by atoms with Gasteiger partial charge in [0.15, 0.2) is 5.76 Å². The van der Waals surface area contributed by atoms with Gasteiger partial charge in [0.1, 0.15) is 5.76 Å². The maximum atomic E-state index is 11.5. The van der Waals surface area contributed by atoms with Gasteiger partial charge in [-0.2, -0.15) is 0 Å². The number of nitrogen functional groups attached to an aromatic ring is 1. The van der Waals surface area contributed by atoms with Gasteiger partial charge in [-0.25, -0.2) is 0 Å². The zero-order valence-corrected chi connectivity index (χ0v) is 9.77. The molecule has 5 nitrogen and oxygen atoms in total. The Morgan fingerprint density at radius 1 is 1.22 bits per heavy atom. The summed E-state index contributed by atoms with van der Waals surface area (Å²) in [7, 11) is 0. The van der Waals surface area contributed by atoms with Crippen molar-refractivity contribution in [3.05, 3.63) is 42.2 Å². The number of nitrogens with two attached hydrogens (primary N) is 1. The molecule has 0 aliphatic heterocycles. The predicted octanol–water partition coefficient (Wildman–Crippen LogP) is 1.81. The molecule has 0 spiro atoms. The minimum atomic E-state index is -0.558. The number of carbonyl (C=O) groups excluding carboxylic acids is 2. The highest BCUT2D eigenvalue weighted by atomic mass is 16.4. The van der Waals surface area contributed by atoms with Crippen molar-refractivity contribution in [2.24, 2.45) is 0 Å². The van der Waals surface area contributed by atoms with E-state index in [1.807, 2.05) is 6.07 Å². The molecule has 18 heavy (non-hydrogen) atoms. The number of carbonyl (C=O) groups is 2. The number of benzene rings is 1. The van der Waals surface area contributed by atoms with Gasteiger partial charge in [-0.05, 0) is 24.3 Å². The molecule has 0 aliphatic rings. The summed E-state index contributed by atoms with van der Waals surface area (Å²) in [6, 6.07) is 10.3. The van der Waals surface area contributed by atoms with E-state index in [2.05, 4.69) is 5.32 Å². The van der Waals surface area contributed by atoms with Gasteiger partial charge in [-0.15, -0.1) is 0 Å². The van der Waals surface area contributed by atoms with Crippen LogP contribution >= 0.6 is 0 Å². The zero-order chi connectivity index (χ0) is 13.1. The minimum absolute atomic E-state index is 0.0858. The van der Waals surface area contributed by atoms with Crippen LogP contribution in [0.1, 0.15) is 17.5 Å². The zero-order valence-electron chi connectivity index (χ0n) is 9.77. The van der Waals surface area contributed by atoms with Gasteiger partial charge in [0, 0.05) is 18.2 Å². The molecule has 0 aliphatic carbocycles. The third-order valence-electron chi connectivity index (χ3n) is 2.29. The summed E-state index contributed by atoms with van der Waals surface area (Å²) >= 11 is 0. The molecule has 0 bridgehead atoms. The Hall–Kier alpha value is -2.56. The molecule has 5 heteroatoms. The van der Waals surface area contributed by atoms with Crippen molar-refractivity contribution in [1.82, 2.24) is 5.32 Å². The molecule has 0 radical (unpaired) electrons. The van der Waals surface area contributed by atoms with Crippen LogP contribution in [0.15, 0.2) is 40.8 Å². The summed E-state index contributed by atoms with van der Waals surface area (Å²) in [6.07, 6.45) is 0. The fraction of sp³-hybridized carbons (Fsp3) is 0.0769. The van der Waals surface area contributed by atoms with Crippen LogP contribution in [0.4, 0.5) is 5.69 Å². The monoisotopic (exact) mass is 244 g/mol. The molecule has 0 saturated heterocycles. The lowest BCUT2D eigenvalue weighted by molar-refractivity contribution is -0.118. The van der Waals surface area contributed by atoms with Crippen molar-refractivity contribution in [2.45, 2.75) is 6.92 Å². The second-order valence-corrected chi connectivity index (χ2v) is 3.80. The van der Waals surface area contributed by atoms with Crippen LogP contribution in [-0.4, -0.2) is 11.8 Å². The van der Waals surface area contributed by atoms with Crippen LogP contribution in [0.2, 0.25) is 0 Å². The van der Waals surface area contributed by atoms with Crippen molar-refractivity contribution >= 4 is 17.5 Å². The standard InChI is InChI=1S/C13H12N2O3/c1-8(16)15-13(17)12-6-5-11(18-12)9-3-2-4-10(14)7-9/h2-7H,14H2,1H3,(H,15,16,17). The third-order valence-corrected chi connectivity index (χ3v) is 2.29. The van der Waals surface area contributed by atoms with Crippen molar-refractivity contribution in [3.8, 4) is 11.3 Å². The van der Waals surface area contributed by atoms with Crippen LogP contribution < -0.4 is 11.1 Å². The molecule has 0 atom stereocenters. The molecule has 3 N–H and O–H groups in total. The molecular formula is C13H12N2O3. The molecule has 0 unspecified atom stereocenters. The first kappa shape index (κ1) is 11.9. The first-order valence-corrected chi connectivity index (χ1v) is 5.34. The van der Waals surface area contributed by atoms with E-state index in [0.29, 0.717) is 11.4 Å². The minimum Gasteiger partial charge on any atom is -0.451 e. The summed E-state index contributed by atoms with van der Waals surface area (Å²) in [5.41, 5.74) is 7.05. The summed E-state index contributed by atoms with van der Waals surface area (Å²) in [6.45, 7) is 1.26. The Kier molecular flexibility index (Phi) is 3.14. The summed E-state index contributed by atoms with van der Waals surface area (Å²) in [5, 5.41) is 2.14. The van der Waals surface area contributed by atoms with Crippen molar-refractivity contribution in [2.75, 3.05) is 5.73 Å². The Bertz CT molecular complexity index is 602. The Balaban J connectivity index is 2.25. The Morgan fingerprint density at radius 3 is 2.67 bits per heavy atom. The highest BCUT2D eigenvalue weighted by molar-refractivity contribution is 6.02. The van der Waals surface area contributed by atoms with Crippen LogP contribution in [0, 0.1) is 0 Å². The van der Waals surface area contributed by atoms with Crippen LogP contribution in [-0.2, 0) is 4.79 Å². The van der Waals surface area contributed by atoms with E-state index in [0.717, 1.165) is 5.56 Å². The molecule has 2 rings (SSSR count). The highest BCUT2D eigenvalue weighted by Gasteiger charge is 2.13. The molecule has 1 aromatic carbocycles. The fourth-order valence-corrected chi connectivity index (χ4v) is 1.53. The first-order chi connectivity index (χ1) is 8.56. The summed E-state index contributed by atoms with van der Waals surface area (Å²) in [4.78, 5) is 22.3. The average molecular weight is 244 g/mol. The van der Waals surface area contributed by atoms with Gasteiger partial charge in [-0.1, -0.05) is 12.1 Å². The molecule has 92 valence electrons. The molecule has 2 amide bonds. The predicted molar refractivity (Wildman–Crippen MR) is 66.7 cm³/mol. The first-order valence-electron chi connectivity index (χ1n) is 5.34. The van der Waals surface area contributed by atoms with Crippen molar-refractivity contribution in [3.63, 3.8) is 0 Å². The van der Waals surface area contributed by atoms with E-state index in [9.17, 15) is 9.59 Å². The largest absolute Gasteiger partial charge is 0.451 e. The second kappa shape index (κ2) is 4.75. The van der Waals surface area contributed by atoms with Gasteiger partial charge in [0.2, 0.25) is 5.91 Å². The Morgan fingerprint density at radius 2 is 2.00 bits per heavy atom. The second-order valence-electron chi connectivity index (χ2n) is 3.80. The highest BCUT2D eigenvalue weighted by Crippen LogP contribution is 2.23. The van der Waals surface area contributed by atoms with Gasteiger partial charge in [0.05, 0.1) is 0 Å². The number of amides is 2. The third kappa shape index (κ3) is 2.57. The number of furan rings is 1. The van der Waals surface area contributed by atoms with Crippen LogP contribution in [0.25, 0.3) is 11.3 Å². The molecule has 0 fully saturated rings. The van der Waals surface area contributed by atoms with Crippen LogP contribution in [0.3, 0.4) is 0 Å². The number of rotatable bonds is 2. The van der Waals surface area contributed by atoms with E-state index in [1.165, 1.54) is 13.0 Å². The number of hydrogen-bond acceptors (Lipinski definition) is 4. The Labute approximate surface area is 104 Å². The molecule has 1 heterocycles. The molecular weight excluding hydrogens is 232 g/mol. The summed E-state index contributed by atoms with van der Waals surface area (Å²) < 4.78 is 5.37. The smallest absolute Gasteiger partial charge is 0.293 e. The van der Waals surface area contributed by atoms with E-state index in [-0.39, 0.29) is 5.76 Å². The fourth-order valence-electron chi connectivity index (χ4n) is 1.53. The molecule has 1 aromatic heterocycles. The van der Waals surface area contributed by atoms with Crippen molar-refractivity contribution < 1.29 is 14.0 Å². The van der Waals surface area contributed by atoms with Gasteiger partial charge in [-0.3, -0.25) is 14.9 Å². The summed E-state index contributed by atoms with van der Waals surface area (Å²) in [5.74, 6) is -0.377. The molecule has 2 aromatic rings. The van der Waals surface area contributed by atoms with E-state index >= 15 is 0 Å². The number of nitrogens with one attached hydrogen (secondary N) is 1. The van der Waals surface area contributed by atoms with Crippen molar-refractivity contribution in [1.29, 1.82) is 0 Å². The molecule has 0 saturated carbocycles. The van der Waals surface area contributed by atoms with Gasteiger partial charge in [0.25, 0.3) is 5.91 Å². The number of hydrogen-bond donors (Lipinski definition) is 2. The van der Waals surface area contributed by atoms with E-state index in [4.69, 9.17) is 10.2 Å². The van der Waals surface area contributed by atoms with E-state index < -0.39 is 11.8 Å². The average Bonchev–Trinajstić information content (AvgIpc) is 2.77. The normalized spacial score (nSPS) is 10.1. The SMILES string of the molecule is CC(=O)NC(=O)c1ccc(-c2cccc(N)c2)o1. The lowest BCUT2D eigenvalue weighted by Gasteiger charge is -1.99. The lowest BCUT2D eigenvalue weighted by Crippen LogP contribution is -2.27. The number of anilines is 1. The number of imide groups is 1. The topological polar surface area (TPSA) is 85.3 Å². The van der Waals surface area contributed by atoms with E-state index in [1.54, 1.807) is 24.3 Å². The maximum Gasteiger partial charge on any atom is 0.293 e. The lowest BCUT2D eigenvalue weighted by atomic mass is 10.1.